The molecule has 0 saturated heterocycles. The maximum Gasteiger partial charge on any atom is 0.137 e. The van der Waals surface area contributed by atoms with Crippen molar-refractivity contribution in [2.24, 2.45) is 0 Å². The maximum atomic E-state index is 13.6. The van der Waals surface area contributed by atoms with Gasteiger partial charge < -0.3 is 9.52 Å². The van der Waals surface area contributed by atoms with Crippen LogP contribution >= 0.6 is 15.9 Å². The van der Waals surface area contributed by atoms with Crippen molar-refractivity contribution in [1.29, 1.82) is 0 Å². The van der Waals surface area contributed by atoms with E-state index in [-0.39, 0.29) is 10.0 Å². The largest absolute Gasteiger partial charge is 0.469 e. The van der Waals surface area contributed by atoms with Crippen LogP contribution in [0.2, 0.25) is 0 Å². The molecule has 2 aromatic rings. The molecule has 2 rings (SSSR count). The van der Waals surface area contributed by atoms with Gasteiger partial charge in [0.05, 0.1) is 10.7 Å². The zero-order valence-electron chi connectivity index (χ0n) is 8.88. The molecule has 0 bridgehead atoms. The maximum absolute atomic E-state index is 13.6. The minimum absolute atomic E-state index is 0.0230. The molecule has 1 N–H and O–H groups in total. The lowest BCUT2D eigenvalue weighted by molar-refractivity contribution is 0.212. The lowest BCUT2D eigenvalue weighted by Gasteiger charge is -2.12. The Balaban J connectivity index is 2.48. The second kappa shape index (κ2) is 4.58. The van der Waals surface area contributed by atoms with Crippen LogP contribution < -0.4 is 0 Å². The van der Waals surface area contributed by atoms with Gasteiger partial charge in [0, 0.05) is 11.1 Å². The zero-order valence-corrected chi connectivity index (χ0v) is 10.5. The highest BCUT2D eigenvalue weighted by Gasteiger charge is 2.20. The van der Waals surface area contributed by atoms with Gasteiger partial charge in [-0.2, -0.15) is 0 Å². The van der Waals surface area contributed by atoms with E-state index in [1.165, 1.54) is 12.3 Å². The average Bonchev–Trinajstić information content (AvgIpc) is 2.69. The highest BCUT2D eigenvalue weighted by Crippen LogP contribution is 2.30. The Morgan fingerprint density at radius 2 is 1.94 bits per heavy atom. The van der Waals surface area contributed by atoms with Gasteiger partial charge in [0.15, 0.2) is 0 Å². The second-order valence-electron chi connectivity index (χ2n) is 3.62. The van der Waals surface area contributed by atoms with E-state index in [1.807, 2.05) is 0 Å². The molecule has 0 fully saturated rings. The van der Waals surface area contributed by atoms with Crippen molar-refractivity contribution in [3.8, 4) is 0 Å². The third-order valence-electron chi connectivity index (χ3n) is 2.53. The molecule has 1 unspecified atom stereocenters. The van der Waals surface area contributed by atoms with Crippen LogP contribution in [-0.4, -0.2) is 5.11 Å². The lowest BCUT2D eigenvalue weighted by Crippen LogP contribution is -2.04. The zero-order chi connectivity index (χ0) is 12.6. The molecule has 1 aromatic heterocycles. The average molecular weight is 303 g/mol. The number of furan rings is 1. The molecule has 0 aliphatic rings. The van der Waals surface area contributed by atoms with E-state index in [2.05, 4.69) is 15.9 Å². The topological polar surface area (TPSA) is 33.4 Å². The Bertz CT molecular complexity index is 551. The van der Waals surface area contributed by atoms with E-state index in [9.17, 15) is 13.9 Å². The van der Waals surface area contributed by atoms with Crippen LogP contribution in [0.4, 0.5) is 8.78 Å². The SMILES string of the molecule is Cc1occc1C(O)c1cc(F)c(Br)cc1F. The van der Waals surface area contributed by atoms with Crippen molar-refractivity contribution in [2.45, 2.75) is 13.0 Å². The van der Waals surface area contributed by atoms with Gasteiger partial charge in [0.25, 0.3) is 0 Å². The molecule has 2 nitrogen and oxygen atoms in total. The Labute approximate surface area is 105 Å². The fraction of sp³-hybridized carbons (Fsp3) is 0.167. The van der Waals surface area contributed by atoms with Crippen LogP contribution in [0.25, 0.3) is 0 Å². The van der Waals surface area contributed by atoms with Crippen molar-refractivity contribution in [1.82, 2.24) is 0 Å². The molecule has 0 saturated carbocycles. The first-order chi connectivity index (χ1) is 8.00. The standard InChI is InChI=1S/C12H9BrF2O2/c1-6-7(2-3-17-6)12(16)8-4-11(15)9(13)5-10(8)14/h2-5,12,16H,1H3. The molecule has 17 heavy (non-hydrogen) atoms. The first-order valence-corrected chi connectivity index (χ1v) is 5.66. The summed E-state index contributed by atoms with van der Waals surface area (Å²) in [6.45, 7) is 1.64. The Morgan fingerprint density at radius 3 is 2.53 bits per heavy atom. The minimum Gasteiger partial charge on any atom is -0.469 e. The summed E-state index contributed by atoms with van der Waals surface area (Å²) in [6, 6.07) is 3.49. The van der Waals surface area contributed by atoms with Crippen LogP contribution in [0.15, 0.2) is 33.4 Å². The molecule has 90 valence electrons. The molecule has 1 aromatic carbocycles. The highest BCUT2D eigenvalue weighted by atomic mass is 79.9. The molecular weight excluding hydrogens is 294 g/mol. The summed E-state index contributed by atoms with van der Waals surface area (Å²) < 4.78 is 32.0. The predicted molar refractivity (Wildman–Crippen MR) is 61.6 cm³/mol. The molecule has 0 aliphatic heterocycles. The van der Waals surface area contributed by atoms with Crippen LogP contribution in [0.5, 0.6) is 0 Å². The van der Waals surface area contributed by atoms with Crippen molar-refractivity contribution in [2.75, 3.05) is 0 Å². The number of halogens is 3. The number of aryl methyl sites for hydroxylation is 1. The summed E-state index contributed by atoms with van der Waals surface area (Å²) in [7, 11) is 0. The van der Waals surface area contributed by atoms with Crippen molar-refractivity contribution < 1.29 is 18.3 Å². The first-order valence-electron chi connectivity index (χ1n) is 4.87. The molecule has 0 amide bonds. The number of hydrogen-bond acceptors (Lipinski definition) is 2. The van der Waals surface area contributed by atoms with Gasteiger partial charge in [0.1, 0.15) is 23.5 Å². The van der Waals surface area contributed by atoms with Gasteiger partial charge in [0.2, 0.25) is 0 Å². The summed E-state index contributed by atoms with van der Waals surface area (Å²) in [4.78, 5) is 0. The quantitative estimate of drug-likeness (QED) is 0.858. The molecular formula is C12H9BrF2O2. The van der Waals surface area contributed by atoms with E-state index in [4.69, 9.17) is 4.42 Å². The van der Waals surface area contributed by atoms with Gasteiger partial charge in [-0.25, -0.2) is 8.78 Å². The monoisotopic (exact) mass is 302 g/mol. The molecule has 1 atom stereocenters. The predicted octanol–water partition coefficient (Wildman–Crippen LogP) is 3.71. The van der Waals surface area contributed by atoms with Crippen LogP contribution in [0.3, 0.4) is 0 Å². The molecule has 1 heterocycles. The number of hydrogen-bond donors (Lipinski definition) is 1. The summed E-state index contributed by atoms with van der Waals surface area (Å²) in [5.41, 5.74) is 0.306. The number of aliphatic hydroxyl groups excluding tert-OH is 1. The fourth-order valence-electron chi connectivity index (χ4n) is 1.59. The van der Waals surface area contributed by atoms with Crippen LogP contribution in [-0.2, 0) is 0 Å². The van der Waals surface area contributed by atoms with Crippen LogP contribution in [0, 0.1) is 18.6 Å². The Morgan fingerprint density at radius 1 is 1.24 bits per heavy atom. The Hall–Kier alpha value is -1.20. The fourth-order valence-corrected chi connectivity index (χ4v) is 1.91. The molecule has 0 spiro atoms. The third-order valence-corrected chi connectivity index (χ3v) is 3.14. The van der Waals surface area contributed by atoms with Crippen LogP contribution in [0.1, 0.15) is 23.0 Å². The van der Waals surface area contributed by atoms with Crippen molar-refractivity contribution >= 4 is 15.9 Å². The number of benzene rings is 1. The van der Waals surface area contributed by atoms with Gasteiger partial charge in [-0.3, -0.25) is 0 Å². The van der Waals surface area contributed by atoms with E-state index in [1.54, 1.807) is 6.92 Å². The molecule has 5 heteroatoms. The second-order valence-corrected chi connectivity index (χ2v) is 4.48. The number of aliphatic hydroxyl groups is 1. The first kappa shape index (κ1) is 12.3. The molecule has 0 radical (unpaired) electrons. The highest BCUT2D eigenvalue weighted by molar-refractivity contribution is 9.10. The van der Waals surface area contributed by atoms with Gasteiger partial charge in [-0.05, 0) is 41.1 Å². The normalized spacial score (nSPS) is 12.8. The van der Waals surface area contributed by atoms with Gasteiger partial charge >= 0.3 is 0 Å². The summed E-state index contributed by atoms with van der Waals surface area (Å²) in [6.07, 6.45) is 0.150. The smallest absolute Gasteiger partial charge is 0.137 e. The van der Waals surface area contributed by atoms with E-state index in [0.717, 1.165) is 12.1 Å². The summed E-state index contributed by atoms with van der Waals surface area (Å²) >= 11 is 2.88. The lowest BCUT2D eigenvalue weighted by atomic mass is 10.0. The summed E-state index contributed by atoms with van der Waals surface area (Å²) in [5, 5.41) is 9.98. The van der Waals surface area contributed by atoms with Crippen molar-refractivity contribution in [3.63, 3.8) is 0 Å². The third kappa shape index (κ3) is 2.25. The minimum atomic E-state index is -1.24. The van der Waals surface area contributed by atoms with Gasteiger partial charge in [-0.15, -0.1) is 0 Å². The summed E-state index contributed by atoms with van der Waals surface area (Å²) in [5.74, 6) is -0.826. The van der Waals surface area contributed by atoms with Gasteiger partial charge in [-0.1, -0.05) is 0 Å². The number of rotatable bonds is 2. The van der Waals surface area contributed by atoms with Crippen molar-refractivity contribution in [3.05, 3.63) is 57.5 Å². The van der Waals surface area contributed by atoms with E-state index in [0.29, 0.717) is 11.3 Å². The molecule has 0 aliphatic carbocycles. The van der Waals surface area contributed by atoms with E-state index >= 15 is 0 Å². The Kier molecular flexibility index (Phi) is 3.31. The van der Waals surface area contributed by atoms with E-state index < -0.39 is 17.7 Å².